The van der Waals surface area contributed by atoms with E-state index in [2.05, 4.69) is 9.97 Å². The van der Waals surface area contributed by atoms with E-state index in [1.165, 1.54) is 12.1 Å². The van der Waals surface area contributed by atoms with Gasteiger partial charge < -0.3 is 9.84 Å². The maximum absolute atomic E-state index is 13.4. The second kappa shape index (κ2) is 9.19. The van der Waals surface area contributed by atoms with Crippen molar-refractivity contribution in [3.63, 3.8) is 0 Å². The van der Waals surface area contributed by atoms with Gasteiger partial charge in [-0.2, -0.15) is 4.98 Å². The van der Waals surface area contributed by atoms with Crippen LogP contribution in [0.3, 0.4) is 0 Å². The SMILES string of the molecule is CCc1cccc(Oc2nc3[nH]c(=O)n(CCCO)c(=O)c3n2Cc2ccc(F)cc2)c1. The molecule has 8 nitrogen and oxygen atoms in total. The number of aromatic amines is 1. The summed E-state index contributed by atoms with van der Waals surface area (Å²) in [5.74, 6) is 0.177. The number of aliphatic hydroxyl groups excluding tert-OH is 1. The van der Waals surface area contributed by atoms with Crippen molar-refractivity contribution in [1.29, 1.82) is 0 Å². The third kappa shape index (κ3) is 4.33. The largest absolute Gasteiger partial charge is 0.425 e. The normalized spacial score (nSPS) is 11.2. The smallest absolute Gasteiger partial charge is 0.330 e. The molecule has 0 bridgehead atoms. The maximum Gasteiger partial charge on any atom is 0.330 e. The standard InChI is InChI=1S/C23H23FN4O4/c1-2-15-5-3-6-18(13-15)32-23-26-20-19(21(30)27(11-4-12-29)22(31)25-20)28(23)14-16-7-9-17(24)10-8-16/h3,5-10,13,29H,2,4,11-12,14H2,1H3,(H,25,31). The van der Waals surface area contributed by atoms with Crippen molar-refractivity contribution in [1.82, 2.24) is 19.1 Å². The molecule has 2 aromatic carbocycles. The molecule has 0 spiro atoms. The molecule has 0 aliphatic carbocycles. The molecule has 4 aromatic rings. The Labute approximate surface area is 182 Å². The number of nitrogens with zero attached hydrogens (tertiary/aromatic N) is 3. The highest BCUT2D eigenvalue weighted by Gasteiger charge is 2.20. The zero-order valence-corrected chi connectivity index (χ0v) is 17.5. The summed E-state index contributed by atoms with van der Waals surface area (Å²) in [6.45, 7) is 2.13. The van der Waals surface area contributed by atoms with Crippen molar-refractivity contribution in [3.05, 3.63) is 86.3 Å². The second-order valence-electron chi connectivity index (χ2n) is 7.37. The topological polar surface area (TPSA) is 102 Å². The van der Waals surface area contributed by atoms with Crippen LogP contribution in [0, 0.1) is 5.82 Å². The summed E-state index contributed by atoms with van der Waals surface area (Å²) in [6, 6.07) is 13.5. The molecule has 9 heteroatoms. The quantitative estimate of drug-likeness (QED) is 0.441. The molecule has 0 aliphatic heterocycles. The zero-order valence-electron chi connectivity index (χ0n) is 17.5. The number of halogens is 1. The maximum atomic E-state index is 13.4. The molecule has 166 valence electrons. The highest BCUT2D eigenvalue weighted by molar-refractivity contribution is 5.71. The minimum atomic E-state index is -0.609. The fourth-order valence-corrected chi connectivity index (χ4v) is 3.49. The van der Waals surface area contributed by atoms with E-state index in [1.54, 1.807) is 22.8 Å². The van der Waals surface area contributed by atoms with Crippen LogP contribution in [0.25, 0.3) is 11.2 Å². The lowest BCUT2D eigenvalue weighted by Gasteiger charge is -2.11. The Morgan fingerprint density at radius 1 is 1.09 bits per heavy atom. The first-order chi connectivity index (χ1) is 15.5. The summed E-state index contributed by atoms with van der Waals surface area (Å²) < 4.78 is 22.0. The first-order valence-electron chi connectivity index (χ1n) is 10.4. The Balaban J connectivity index is 1.87. The van der Waals surface area contributed by atoms with Gasteiger partial charge in [-0.25, -0.2) is 9.18 Å². The molecule has 0 radical (unpaired) electrons. The molecule has 2 heterocycles. The number of rotatable bonds is 8. The summed E-state index contributed by atoms with van der Waals surface area (Å²) in [4.78, 5) is 32.6. The molecule has 0 fully saturated rings. The van der Waals surface area contributed by atoms with Crippen LogP contribution in [0.5, 0.6) is 11.8 Å². The number of nitrogens with one attached hydrogen (secondary N) is 1. The van der Waals surface area contributed by atoms with Gasteiger partial charge in [-0.15, -0.1) is 0 Å². The number of hydrogen-bond acceptors (Lipinski definition) is 5. The molecule has 0 saturated heterocycles. The third-order valence-electron chi connectivity index (χ3n) is 5.16. The van der Waals surface area contributed by atoms with Crippen LogP contribution in [0.15, 0.2) is 58.1 Å². The number of aryl methyl sites for hydroxylation is 1. The lowest BCUT2D eigenvalue weighted by Crippen LogP contribution is -2.36. The van der Waals surface area contributed by atoms with E-state index >= 15 is 0 Å². The number of benzene rings is 2. The number of hydrogen-bond donors (Lipinski definition) is 2. The molecule has 0 unspecified atom stereocenters. The number of ether oxygens (including phenoxy) is 1. The Kier molecular flexibility index (Phi) is 6.18. The van der Waals surface area contributed by atoms with Crippen LogP contribution in [0.1, 0.15) is 24.5 Å². The fourth-order valence-electron chi connectivity index (χ4n) is 3.49. The van der Waals surface area contributed by atoms with Crippen LogP contribution in [0.4, 0.5) is 4.39 Å². The number of imidazole rings is 1. The molecular formula is C23H23FN4O4. The lowest BCUT2D eigenvalue weighted by atomic mass is 10.2. The van der Waals surface area contributed by atoms with Gasteiger partial charge in [0.25, 0.3) is 5.56 Å². The van der Waals surface area contributed by atoms with Gasteiger partial charge in [-0.1, -0.05) is 31.2 Å². The minimum absolute atomic E-state index is 0.0665. The van der Waals surface area contributed by atoms with Crippen LogP contribution in [-0.2, 0) is 19.5 Å². The van der Waals surface area contributed by atoms with E-state index in [1.807, 2.05) is 25.1 Å². The van der Waals surface area contributed by atoms with Gasteiger partial charge in [0.15, 0.2) is 11.2 Å². The van der Waals surface area contributed by atoms with Crippen molar-refractivity contribution in [2.24, 2.45) is 0 Å². The van der Waals surface area contributed by atoms with Crippen LogP contribution < -0.4 is 16.0 Å². The first kappa shape index (κ1) is 21.5. The van der Waals surface area contributed by atoms with Gasteiger partial charge in [-0.3, -0.25) is 18.9 Å². The molecule has 0 saturated carbocycles. The van der Waals surface area contributed by atoms with Gasteiger partial charge in [0.1, 0.15) is 11.6 Å². The van der Waals surface area contributed by atoms with E-state index in [0.717, 1.165) is 22.1 Å². The number of aliphatic hydroxyl groups is 1. The highest BCUT2D eigenvalue weighted by atomic mass is 19.1. The van der Waals surface area contributed by atoms with Crippen molar-refractivity contribution in [2.45, 2.75) is 32.9 Å². The summed E-state index contributed by atoms with van der Waals surface area (Å²) in [5, 5.41) is 9.11. The Hall–Kier alpha value is -3.72. The fraction of sp³-hybridized carbons (Fsp3) is 0.261. The van der Waals surface area contributed by atoms with Gasteiger partial charge in [0.05, 0.1) is 6.54 Å². The summed E-state index contributed by atoms with van der Waals surface area (Å²) in [5.41, 5.74) is 0.914. The van der Waals surface area contributed by atoms with Crippen LogP contribution >= 0.6 is 0 Å². The van der Waals surface area contributed by atoms with Crippen molar-refractivity contribution in [3.8, 4) is 11.8 Å². The van der Waals surface area contributed by atoms with E-state index < -0.39 is 11.2 Å². The van der Waals surface area contributed by atoms with Crippen molar-refractivity contribution < 1.29 is 14.2 Å². The summed E-state index contributed by atoms with van der Waals surface area (Å²) in [6.07, 6.45) is 1.08. The Morgan fingerprint density at radius 2 is 1.88 bits per heavy atom. The predicted octanol–water partition coefficient (Wildman–Crippen LogP) is 2.81. The molecular weight excluding hydrogens is 415 g/mol. The monoisotopic (exact) mass is 438 g/mol. The minimum Gasteiger partial charge on any atom is -0.425 e. The van der Waals surface area contributed by atoms with E-state index in [0.29, 0.717) is 5.75 Å². The summed E-state index contributed by atoms with van der Waals surface area (Å²) in [7, 11) is 0. The van der Waals surface area contributed by atoms with Crippen LogP contribution in [0.2, 0.25) is 0 Å². The van der Waals surface area contributed by atoms with Gasteiger partial charge in [-0.05, 0) is 48.2 Å². The first-order valence-corrected chi connectivity index (χ1v) is 10.4. The number of fused-ring (bicyclic) bond motifs is 1. The molecule has 0 aliphatic rings. The second-order valence-corrected chi connectivity index (χ2v) is 7.37. The molecule has 0 amide bonds. The average molecular weight is 438 g/mol. The van der Waals surface area contributed by atoms with Crippen LogP contribution in [-0.4, -0.2) is 30.8 Å². The van der Waals surface area contributed by atoms with Gasteiger partial charge >= 0.3 is 11.7 Å². The van der Waals surface area contributed by atoms with E-state index in [9.17, 15) is 14.0 Å². The lowest BCUT2D eigenvalue weighted by molar-refractivity contribution is 0.278. The predicted molar refractivity (Wildman–Crippen MR) is 118 cm³/mol. The van der Waals surface area contributed by atoms with E-state index in [4.69, 9.17) is 9.84 Å². The molecule has 2 N–H and O–H groups in total. The zero-order chi connectivity index (χ0) is 22.7. The number of aromatic nitrogens is 4. The number of H-pyrrole nitrogens is 1. The van der Waals surface area contributed by atoms with Crippen molar-refractivity contribution in [2.75, 3.05) is 6.61 Å². The molecule has 0 atom stereocenters. The third-order valence-corrected chi connectivity index (χ3v) is 5.16. The Bertz CT molecular complexity index is 1360. The molecule has 32 heavy (non-hydrogen) atoms. The van der Waals surface area contributed by atoms with Gasteiger partial charge in [0, 0.05) is 13.2 Å². The highest BCUT2D eigenvalue weighted by Crippen LogP contribution is 2.25. The summed E-state index contributed by atoms with van der Waals surface area (Å²) >= 11 is 0. The molecule has 2 aromatic heterocycles. The Morgan fingerprint density at radius 3 is 2.59 bits per heavy atom. The van der Waals surface area contributed by atoms with Gasteiger partial charge in [0.2, 0.25) is 0 Å². The van der Waals surface area contributed by atoms with Crippen molar-refractivity contribution >= 4 is 11.2 Å². The van der Waals surface area contributed by atoms with E-state index in [-0.39, 0.29) is 49.1 Å². The molecule has 4 rings (SSSR count). The average Bonchev–Trinajstić information content (AvgIpc) is 3.11.